The van der Waals surface area contributed by atoms with E-state index in [1.807, 2.05) is 39.8 Å². The van der Waals surface area contributed by atoms with Gasteiger partial charge < -0.3 is 10.1 Å². The molecule has 0 saturated heterocycles. The maximum atomic E-state index is 11.8. The summed E-state index contributed by atoms with van der Waals surface area (Å²) < 4.78 is 5.61. The normalized spacial score (nSPS) is 11.3. The van der Waals surface area contributed by atoms with Crippen LogP contribution in [0, 0.1) is 19.3 Å². The van der Waals surface area contributed by atoms with Gasteiger partial charge in [-0.1, -0.05) is 11.6 Å². The second-order valence-electron chi connectivity index (χ2n) is 5.49. The predicted molar refractivity (Wildman–Crippen MR) is 83.9 cm³/mol. The topological polar surface area (TPSA) is 38.3 Å². The number of carbonyl (C=O) groups is 1. The van der Waals surface area contributed by atoms with Gasteiger partial charge in [-0.2, -0.15) is 0 Å². The van der Waals surface area contributed by atoms with Crippen molar-refractivity contribution in [2.75, 3.05) is 19.0 Å². The Bertz CT molecular complexity index is 464. The van der Waals surface area contributed by atoms with Crippen molar-refractivity contribution in [3.05, 3.63) is 28.3 Å². The first-order valence-corrected chi connectivity index (χ1v) is 7.43. The van der Waals surface area contributed by atoms with Gasteiger partial charge in [0.25, 0.3) is 0 Å². The predicted octanol–water partition coefficient (Wildman–Crippen LogP) is 3.72. The molecule has 1 aromatic carbocycles. The van der Waals surface area contributed by atoms with Crippen LogP contribution in [0.15, 0.2) is 12.1 Å². The van der Waals surface area contributed by atoms with Crippen LogP contribution < -0.4 is 10.1 Å². The average Bonchev–Trinajstić information content (AvgIpc) is 2.40. The van der Waals surface area contributed by atoms with Gasteiger partial charge in [0, 0.05) is 10.9 Å². The Morgan fingerprint density at radius 2 is 1.85 bits per heavy atom. The minimum absolute atomic E-state index is 0.0698. The van der Waals surface area contributed by atoms with E-state index in [0.29, 0.717) is 13.2 Å². The van der Waals surface area contributed by atoms with Gasteiger partial charge in [0.15, 0.2) is 0 Å². The van der Waals surface area contributed by atoms with Crippen LogP contribution in [-0.2, 0) is 4.79 Å². The van der Waals surface area contributed by atoms with Gasteiger partial charge in [-0.3, -0.25) is 4.79 Å². The third-order valence-electron chi connectivity index (χ3n) is 3.02. The van der Waals surface area contributed by atoms with Gasteiger partial charge in [0.2, 0.25) is 5.91 Å². The summed E-state index contributed by atoms with van der Waals surface area (Å²) in [5, 5.41) is 3.57. The zero-order chi connectivity index (χ0) is 15.3. The Hall–Kier alpha value is -0.930. The molecule has 20 heavy (non-hydrogen) atoms. The molecular formula is C15H21Cl2NO2. The number of hydrogen-bond donors (Lipinski definition) is 1. The lowest BCUT2D eigenvalue weighted by atomic mass is 9.95. The molecule has 0 heterocycles. The monoisotopic (exact) mass is 317 g/mol. The summed E-state index contributed by atoms with van der Waals surface area (Å²) in [5.41, 5.74) is 1.40. The summed E-state index contributed by atoms with van der Waals surface area (Å²) in [7, 11) is 0. The third kappa shape index (κ3) is 4.57. The van der Waals surface area contributed by atoms with Gasteiger partial charge in [-0.05, 0) is 51.0 Å². The Morgan fingerprint density at radius 3 is 2.35 bits per heavy atom. The molecule has 0 spiro atoms. The summed E-state index contributed by atoms with van der Waals surface area (Å²) in [6.45, 7) is 8.34. The molecule has 0 saturated carbocycles. The molecule has 1 N–H and O–H groups in total. The van der Waals surface area contributed by atoms with Crippen LogP contribution in [0.3, 0.4) is 0 Å². The minimum atomic E-state index is -0.561. The van der Waals surface area contributed by atoms with E-state index in [1.54, 1.807) is 0 Å². The first-order valence-electron chi connectivity index (χ1n) is 6.51. The Balaban J connectivity index is 2.44. The van der Waals surface area contributed by atoms with Gasteiger partial charge >= 0.3 is 0 Å². The maximum absolute atomic E-state index is 11.8. The van der Waals surface area contributed by atoms with Crippen molar-refractivity contribution in [3.8, 4) is 5.75 Å². The first-order chi connectivity index (χ1) is 9.27. The first kappa shape index (κ1) is 17.1. The lowest BCUT2D eigenvalue weighted by molar-refractivity contribution is -0.128. The van der Waals surface area contributed by atoms with Crippen molar-refractivity contribution >= 4 is 29.1 Å². The highest BCUT2D eigenvalue weighted by molar-refractivity contribution is 6.32. The highest BCUT2D eigenvalue weighted by Gasteiger charge is 2.25. The molecule has 0 aliphatic carbocycles. The van der Waals surface area contributed by atoms with Crippen molar-refractivity contribution in [1.29, 1.82) is 0 Å². The Labute approximate surface area is 130 Å². The quantitative estimate of drug-likeness (QED) is 0.641. The molecule has 1 aromatic rings. The van der Waals surface area contributed by atoms with Crippen LogP contribution in [0.25, 0.3) is 0 Å². The second kappa shape index (κ2) is 7.19. The molecule has 1 rings (SSSR count). The minimum Gasteiger partial charge on any atom is -0.492 e. The van der Waals surface area contributed by atoms with Crippen molar-refractivity contribution in [2.45, 2.75) is 27.7 Å². The van der Waals surface area contributed by atoms with E-state index in [-0.39, 0.29) is 11.8 Å². The van der Waals surface area contributed by atoms with Crippen molar-refractivity contribution < 1.29 is 9.53 Å². The molecule has 0 bridgehead atoms. The number of rotatable bonds is 6. The fraction of sp³-hybridized carbons (Fsp3) is 0.533. The molecule has 5 heteroatoms. The maximum Gasteiger partial charge on any atom is 0.226 e. The van der Waals surface area contributed by atoms with Crippen LogP contribution >= 0.6 is 23.2 Å². The van der Waals surface area contributed by atoms with E-state index >= 15 is 0 Å². The third-order valence-corrected chi connectivity index (χ3v) is 4.28. The molecule has 0 aromatic heterocycles. The number of benzene rings is 1. The van der Waals surface area contributed by atoms with E-state index in [9.17, 15) is 4.79 Å². The van der Waals surface area contributed by atoms with Crippen LogP contribution in [0.5, 0.6) is 5.75 Å². The number of halogens is 2. The van der Waals surface area contributed by atoms with E-state index < -0.39 is 5.41 Å². The molecule has 0 aliphatic rings. The molecule has 112 valence electrons. The fourth-order valence-electron chi connectivity index (χ4n) is 1.62. The highest BCUT2D eigenvalue weighted by atomic mass is 35.5. The van der Waals surface area contributed by atoms with Gasteiger partial charge in [-0.15, -0.1) is 11.6 Å². The summed E-state index contributed by atoms with van der Waals surface area (Å²) >= 11 is 11.8. The van der Waals surface area contributed by atoms with E-state index in [4.69, 9.17) is 27.9 Å². The summed E-state index contributed by atoms with van der Waals surface area (Å²) in [6, 6.07) is 3.78. The Kier molecular flexibility index (Phi) is 6.15. The number of aryl methyl sites for hydroxylation is 2. The Morgan fingerprint density at radius 1 is 1.30 bits per heavy atom. The second-order valence-corrected chi connectivity index (χ2v) is 6.14. The average molecular weight is 318 g/mol. The van der Waals surface area contributed by atoms with Crippen molar-refractivity contribution in [2.24, 2.45) is 5.41 Å². The lowest BCUT2D eigenvalue weighted by Gasteiger charge is -2.20. The molecular weight excluding hydrogens is 297 g/mol. The van der Waals surface area contributed by atoms with E-state index in [0.717, 1.165) is 21.9 Å². The van der Waals surface area contributed by atoms with E-state index in [1.165, 1.54) is 0 Å². The molecule has 0 atom stereocenters. The number of amides is 1. The zero-order valence-electron chi connectivity index (χ0n) is 12.3. The van der Waals surface area contributed by atoms with Crippen molar-refractivity contribution in [1.82, 2.24) is 5.32 Å². The van der Waals surface area contributed by atoms with E-state index in [2.05, 4.69) is 5.32 Å². The van der Waals surface area contributed by atoms with Gasteiger partial charge in [-0.25, -0.2) is 0 Å². The molecule has 0 aliphatic heterocycles. The lowest BCUT2D eigenvalue weighted by Crippen LogP contribution is -2.39. The van der Waals surface area contributed by atoms with Crippen LogP contribution in [-0.4, -0.2) is 24.9 Å². The number of carbonyl (C=O) groups excluding carboxylic acids is 1. The summed E-state index contributed by atoms with van der Waals surface area (Å²) in [6.07, 6.45) is 0. The molecule has 3 nitrogen and oxygen atoms in total. The van der Waals surface area contributed by atoms with Gasteiger partial charge in [0.05, 0.1) is 12.0 Å². The molecule has 0 fully saturated rings. The molecule has 1 amide bonds. The summed E-state index contributed by atoms with van der Waals surface area (Å²) in [4.78, 5) is 11.8. The van der Waals surface area contributed by atoms with Crippen LogP contribution in [0.4, 0.5) is 0 Å². The van der Waals surface area contributed by atoms with Gasteiger partial charge in [0.1, 0.15) is 12.4 Å². The fourth-order valence-corrected chi connectivity index (χ4v) is 1.85. The summed E-state index contributed by atoms with van der Waals surface area (Å²) in [5.74, 6) is 0.977. The van der Waals surface area contributed by atoms with Crippen LogP contribution in [0.1, 0.15) is 25.0 Å². The standard InChI is InChI=1S/C15H21Cl2NO2/c1-10-7-12(8-11(2)13(10)17)20-6-5-18-14(19)15(3,4)9-16/h7-8H,5-6,9H2,1-4H3,(H,18,19). The number of alkyl halides is 1. The smallest absolute Gasteiger partial charge is 0.226 e. The number of nitrogens with one attached hydrogen (secondary N) is 1. The largest absolute Gasteiger partial charge is 0.492 e. The van der Waals surface area contributed by atoms with Crippen LogP contribution in [0.2, 0.25) is 5.02 Å². The number of hydrogen-bond acceptors (Lipinski definition) is 2. The molecule has 0 radical (unpaired) electrons. The van der Waals surface area contributed by atoms with Crippen molar-refractivity contribution in [3.63, 3.8) is 0 Å². The SMILES string of the molecule is Cc1cc(OCCNC(=O)C(C)(C)CCl)cc(C)c1Cl. The number of ether oxygens (including phenoxy) is 1. The zero-order valence-corrected chi connectivity index (χ0v) is 13.9. The highest BCUT2D eigenvalue weighted by Crippen LogP contribution is 2.25. The molecule has 0 unspecified atom stereocenters.